The summed E-state index contributed by atoms with van der Waals surface area (Å²) in [6.07, 6.45) is 10.3. The summed E-state index contributed by atoms with van der Waals surface area (Å²) in [6.45, 7) is 2.29. The van der Waals surface area contributed by atoms with Gasteiger partial charge in [0, 0.05) is 15.3 Å². The quantitative estimate of drug-likeness (QED) is 0.442. The van der Waals surface area contributed by atoms with Gasteiger partial charge in [-0.3, -0.25) is 0 Å². The first-order chi connectivity index (χ1) is 12.1. The number of rotatable bonds is 7. The van der Waals surface area contributed by atoms with E-state index in [1.165, 1.54) is 49.0 Å². The standard InChI is InChI=1S/C18H22S3.BH3O3/c1-2-3-4-5-10-18(11-7-13-21-18)17-15(9-14-20-17)16-8-6-12-19-16;2-1(3)4/h6-9,12-14H,2-5,10-11H2,1H3;2-4H. The first kappa shape index (κ1) is 20.7. The van der Waals surface area contributed by atoms with Crippen LogP contribution in [-0.2, 0) is 4.75 Å². The molecule has 0 aromatic carbocycles. The van der Waals surface area contributed by atoms with Crippen molar-refractivity contribution in [3.05, 3.63) is 45.3 Å². The Labute approximate surface area is 162 Å². The molecule has 136 valence electrons. The fourth-order valence-electron chi connectivity index (χ4n) is 3.01. The molecule has 3 rings (SSSR count). The van der Waals surface area contributed by atoms with Gasteiger partial charge in [0.2, 0.25) is 0 Å². The van der Waals surface area contributed by atoms with Crippen LogP contribution >= 0.6 is 34.4 Å². The lowest BCUT2D eigenvalue weighted by atomic mass is 9.92. The van der Waals surface area contributed by atoms with Crippen LogP contribution in [-0.4, -0.2) is 22.4 Å². The number of allylic oxidation sites excluding steroid dienone is 1. The molecule has 1 unspecified atom stereocenters. The fourth-order valence-corrected chi connectivity index (χ4v) is 6.29. The van der Waals surface area contributed by atoms with Crippen LogP contribution in [0.25, 0.3) is 10.4 Å². The molecule has 25 heavy (non-hydrogen) atoms. The molecule has 2 aromatic heterocycles. The summed E-state index contributed by atoms with van der Waals surface area (Å²) in [4.78, 5) is 3.02. The van der Waals surface area contributed by atoms with Crippen LogP contribution in [0, 0.1) is 0 Å². The Kier molecular flexibility index (Phi) is 8.75. The highest BCUT2D eigenvalue weighted by Crippen LogP contribution is 2.54. The smallest absolute Gasteiger partial charge is 0.402 e. The number of unbranched alkanes of at least 4 members (excludes halogenated alkanes) is 3. The second-order valence-electron chi connectivity index (χ2n) is 5.99. The van der Waals surface area contributed by atoms with E-state index in [4.69, 9.17) is 15.1 Å². The molecule has 0 radical (unpaired) electrons. The van der Waals surface area contributed by atoms with Crippen molar-refractivity contribution in [1.29, 1.82) is 0 Å². The van der Waals surface area contributed by atoms with E-state index in [-0.39, 0.29) is 0 Å². The Balaban J connectivity index is 0.000000511. The molecule has 7 heteroatoms. The average molecular weight is 396 g/mol. The molecule has 2 aromatic rings. The normalized spacial score (nSPS) is 18.9. The predicted octanol–water partition coefficient (Wildman–Crippen LogP) is 5.24. The molecule has 1 atom stereocenters. The Morgan fingerprint density at radius 3 is 2.48 bits per heavy atom. The van der Waals surface area contributed by atoms with Crippen LogP contribution in [0.15, 0.2) is 40.4 Å². The summed E-state index contributed by atoms with van der Waals surface area (Å²) < 4.78 is 0.307. The number of hydrogen-bond donors (Lipinski definition) is 3. The van der Waals surface area contributed by atoms with Crippen molar-refractivity contribution in [2.24, 2.45) is 0 Å². The minimum Gasteiger partial charge on any atom is -0.402 e. The maximum absolute atomic E-state index is 7.17. The van der Waals surface area contributed by atoms with Crippen LogP contribution in [0.2, 0.25) is 0 Å². The highest BCUT2D eigenvalue weighted by molar-refractivity contribution is 8.03. The molecule has 0 fully saturated rings. The fraction of sp³-hybridized carbons (Fsp3) is 0.444. The molecular formula is C18H25BO3S3. The van der Waals surface area contributed by atoms with Crippen molar-refractivity contribution in [1.82, 2.24) is 0 Å². The zero-order valence-corrected chi connectivity index (χ0v) is 16.9. The molecule has 3 N–H and O–H groups in total. The topological polar surface area (TPSA) is 60.7 Å². The molecule has 3 nitrogen and oxygen atoms in total. The SMILES string of the molecule is CCCCCCC1(c2sccc2-c2cccs2)CC=CS1.OB(O)O. The molecule has 0 spiro atoms. The van der Waals surface area contributed by atoms with Gasteiger partial charge in [0.05, 0.1) is 4.75 Å². The Bertz CT molecular complexity index is 627. The van der Waals surface area contributed by atoms with Crippen molar-refractivity contribution in [2.45, 2.75) is 50.2 Å². The van der Waals surface area contributed by atoms with Crippen LogP contribution in [0.3, 0.4) is 0 Å². The van der Waals surface area contributed by atoms with Crippen LogP contribution in [0.4, 0.5) is 0 Å². The van der Waals surface area contributed by atoms with Gasteiger partial charge in [-0.2, -0.15) is 0 Å². The molecule has 1 aliphatic heterocycles. The highest BCUT2D eigenvalue weighted by Gasteiger charge is 2.36. The van der Waals surface area contributed by atoms with Gasteiger partial charge in [-0.15, -0.1) is 34.4 Å². The van der Waals surface area contributed by atoms with Gasteiger partial charge < -0.3 is 15.1 Å². The second kappa shape index (κ2) is 10.6. The maximum atomic E-state index is 7.17. The first-order valence-electron chi connectivity index (χ1n) is 8.58. The third-order valence-electron chi connectivity index (χ3n) is 4.14. The van der Waals surface area contributed by atoms with E-state index in [0.29, 0.717) is 4.75 Å². The van der Waals surface area contributed by atoms with Crippen molar-refractivity contribution < 1.29 is 15.1 Å². The van der Waals surface area contributed by atoms with Crippen LogP contribution in [0.5, 0.6) is 0 Å². The molecule has 1 aliphatic rings. The monoisotopic (exact) mass is 396 g/mol. The third-order valence-corrected chi connectivity index (χ3v) is 7.64. The van der Waals surface area contributed by atoms with E-state index in [1.807, 2.05) is 22.7 Å². The van der Waals surface area contributed by atoms with Crippen LogP contribution in [0.1, 0.15) is 50.3 Å². The molecule has 3 heterocycles. The summed E-state index contributed by atoms with van der Waals surface area (Å²) in [5.74, 6) is 0. The average Bonchev–Trinajstić information content (AvgIpc) is 3.31. The Morgan fingerprint density at radius 2 is 1.88 bits per heavy atom. The number of thiophene rings is 2. The summed E-state index contributed by atoms with van der Waals surface area (Å²) in [7, 11) is -2.17. The van der Waals surface area contributed by atoms with Gasteiger partial charge >= 0.3 is 7.32 Å². The van der Waals surface area contributed by atoms with E-state index in [0.717, 1.165) is 0 Å². The van der Waals surface area contributed by atoms with Crippen molar-refractivity contribution in [3.8, 4) is 10.4 Å². The molecule has 0 aliphatic carbocycles. The van der Waals surface area contributed by atoms with E-state index in [2.05, 4.69) is 59.1 Å². The largest absolute Gasteiger partial charge is 0.631 e. The van der Waals surface area contributed by atoms with Gasteiger partial charge in [0.1, 0.15) is 0 Å². The lowest BCUT2D eigenvalue weighted by molar-refractivity contribution is 0.278. The van der Waals surface area contributed by atoms with Gasteiger partial charge in [-0.05, 0) is 41.1 Å². The van der Waals surface area contributed by atoms with Gasteiger partial charge in [0.15, 0.2) is 0 Å². The third kappa shape index (κ3) is 5.98. The summed E-state index contributed by atoms with van der Waals surface area (Å²) in [6, 6.07) is 6.74. The zero-order valence-electron chi connectivity index (χ0n) is 14.4. The van der Waals surface area contributed by atoms with Gasteiger partial charge in [-0.1, -0.05) is 44.7 Å². The second-order valence-corrected chi connectivity index (χ2v) is 9.14. The van der Waals surface area contributed by atoms with E-state index >= 15 is 0 Å². The van der Waals surface area contributed by atoms with Gasteiger partial charge in [-0.25, -0.2) is 0 Å². The lowest BCUT2D eigenvalue weighted by Gasteiger charge is -2.28. The predicted molar refractivity (Wildman–Crippen MR) is 112 cm³/mol. The molecular weight excluding hydrogens is 371 g/mol. The Morgan fingerprint density at radius 1 is 1.08 bits per heavy atom. The molecule has 0 amide bonds. The van der Waals surface area contributed by atoms with E-state index < -0.39 is 7.32 Å². The molecule has 0 saturated carbocycles. The minimum absolute atomic E-state index is 0.307. The maximum Gasteiger partial charge on any atom is 0.631 e. The summed E-state index contributed by atoms with van der Waals surface area (Å²) in [5, 5.41) is 28.3. The van der Waals surface area contributed by atoms with Crippen LogP contribution < -0.4 is 0 Å². The minimum atomic E-state index is -2.17. The Hall–Kier alpha value is -0.565. The van der Waals surface area contributed by atoms with Gasteiger partial charge in [0.25, 0.3) is 0 Å². The summed E-state index contributed by atoms with van der Waals surface area (Å²) >= 11 is 5.87. The summed E-state index contributed by atoms with van der Waals surface area (Å²) in [5.41, 5.74) is 1.47. The van der Waals surface area contributed by atoms with Crippen molar-refractivity contribution in [3.63, 3.8) is 0 Å². The van der Waals surface area contributed by atoms with Crippen molar-refractivity contribution >= 4 is 41.8 Å². The number of hydrogen-bond acceptors (Lipinski definition) is 6. The zero-order chi connectivity index (χ0) is 18.1. The molecule has 0 saturated heterocycles. The van der Waals surface area contributed by atoms with E-state index in [9.17, 15) is 0 Å². The van der Waals surface area contributed by atoms with Crippen molar-refractivity contribution in [2.75, 3.05) is 0 Å². The number of thioether (sulfide) groups is 1. The lowest BCUT2D eigenvalue weighted by Crippen LogP contribution is -2.17. The first-order valence-corrected chi connectivity index (χ1v) is 11.2. The molecule has 0 bridgehead atoms. The highest BCUT2D eigenvalue weighted by atomic mass is 32.2. The van der Waals surface area contributed by atoms with E-state index in [1.54, 1.807) is 4.88 Å².